The smallest absolute Gasteiger partial charge is 0.119 e. The van der Waals surface area contributed by atoms with Crippen molar-refractivity contribution in [2.45, 2.75) is 32.2 Å². The molecule has 0 aliphatic heterocycles. The van der Waals surface area contributed by atoms with E-state index in [4.69, 9.17) is 10.5 Å². The zero-order chi connectivity index (χ0) is 18.3. The normalized spacial score (nSPS) is 11.3. The summed E-state index contributed by atoms with van der Waals surface area (Å²) < 4.78 is 5.71. The lowest BCUT2D eigenvalue weighted by atomic mass is 9.93. The molecule has 0 unspecified atom stereocenters. The predicted octanol–water partition coefficient (Wildman–Crippen LogP) is 3.42. The van der Waals surface area contributed by atoms with Crippen LogP contribution in [-0.2, 0) is 6.42 Å². The standard InChI is InChI=1S/C21H29NO3.ClH/c1-16(2)13-25-20-9-7-19(8-10-20)18-5-3-17(4-6-18)11-12-21(22,14-23)15-24;/h3-10,16,23-24H,11-15,22H2,1-2H3;1H. The molecule has 0 atom stereocenters. The van der Waals surface area contributed by atoms with Gasteiger partial charge < -0.3 is 20.7 Å². The molecule has 2 rings (SSSR count). The molecule has 0 amide bonds. The van der Waals surface area contributed by atoms with Gasteiger partial charge in [0, 0.05) is 0 Å². The average Bonchev–Trinajstić information content (AvgIpc) is 2.65. The number of halogens is 1. The van der Waals surface area contributed by atoms with E-state index >= 15 is 0 Å². The second kappa shape index (κ2) is 10.5. The number of hydrogen-bond acceptors (Lipinski definition) is 4. The second-order valence-corrected chi connectivity index (χ2v) is 7.10. The lowest BCUT2D eigenvalue weighted by Crippen LogP contribution is -2.47. The Morgan fingerprint density at radius 2 is 1.42 bits per heavy atom. The number of nitrogens with two attached hydrogens (primary N) is 1. The van der Waals surface area contributed by atoms with E-state index in [-0.39, 0.29) is 25.6 Å². The molecule has 0 heterocycles. The number of aliphatic hydroxyl groups excluding tert-OH is 2. The highest BCUT2D eigenvalue weighted by molar-refractivity contribution is 5.85. The Morgan fingerprint density at radius 3 is 1.88 bits per heavy atom. The summed E-state index contributed by atoms with van der Waals surface area (Å²) >= 11 is 0. The molecule has 26 heavy (non-hydrogen) atoms. The van der Waals surface area contributed by atoms with Crippen LogP contribution in [0, 0.1) is 5.92 Å². The maximum atomic E-state index is 9.25. The minimum Gasteiger partial charge on any atom is -0.493 e. The molecule has 0 saturated heterocycles. The van der Waals surface area contributed by atoms with Crippen molar-refractivity contribution in [1.29, 1.82) is 0 Å². The van der Waals surface area contributed by atoms with E-state index in [9.17, 15) is 10.2 Å². The summed E-state index contributed by atoms with van der Waals surface area (Å²) in [7, 11) is 0. The molecule has 0 bridgehead atoms. The number of benzene rings is 2. The van der Waals surface area contributed by atoms with Crippen LogP contribution in [0.2, 0.25) is 0 Å². The highest BCUT2D eigenvalue weighted by Gasteiger charge is 2.22. The lowest BCUT2D eigenvalue weighted by molar-refractivity contribution is 0.115. The van der Waals surface area contributed by atoms with Crippen LogP contribution in [0.3, 0.4) is 0 Å². The molecular weight excluding hydrogens is 350 g/mol. The molecule has 2 aromatic rings. The van der Waals surface area contributed by atoms with Gasteiger partial charge in [0.1, 0.15) is 5.75 Å². The van der Waals surface area contributed by atoms with Crippen LogP contribution in [0.15, 0.2) is 48.5 Å². The van der Waals surface area contributed by atoms with Crippen LogP contribution in [0.4, 0.5) is 0 Å². The van der Waals surface area contributed by atoms with E-state index in [1.54, 1.807) is 0 Å². The second-order valence-electron chi connectivity index (χ2n) is 7.10. The van der Waals surface area contributed by atoms with Crippen molar-refractivity contribution in [3.05, 3.63) is 54.1 Å². The van der Waals surface area contributed by atoms with E-state index < -0.39 is 5.54 Å². The third kappa shape index (κ3) is 6.61. The molecule has 0 spiro atoms. The van der Waals surface area contributed by atoms with Gasteiger partial charge in [-0.05, 0) is 47.6 Å². The maximum absolute atomic E-state index is 9.25. The number of ether oxygens (including phenoxy) is 1. The van der Waals surface area contributed by atoms with Crippen LogP contribution in [0.5, 0.6) is 5.75 Å². The van der Waals surface area contributed by atoms with E-state index in [0.29, 0.717) is 12.3 Å². The van der Waals surface area contributed by atoms with Crippen LogP contribution >= 0.6 is 12.4 Å². The van der Waals surface area contributed by atoms with Gasteiger partial charge in [-0.2, -0.15) is 0 Å². The zero-order valence-electron chi connectivity index (χ0n) is 15.5. The number of rotatable bonds is 9. The Balaban J connectivity index is 0.00000338. The predicted molar refractivity (Wildman–Crippen MR) is 109 cm³/mol. The molecule has 0 radical (unpaired) electrons. The van der Waals surface area contributed by atoms with Crippen LogP contribution < -0.4 is 10.5 Å². The maximum Gasteiger partial charge on any atom is 0.119 e. The summed E-state index contributed by atoms with van der Waals surface area (Å²) in [5.41, 5.74) is 8.42. The quantitative estimate of drug-likeness (QED) is 0.624. The van der Waals surface area contributed by atoms with E-state index in [2.05, 4.69) is 50.2 Å². The minimum absolute atomic E-state index is 0. The average molecular weight is 380 g/mol. The van der Waals surface area contributed by atoms with Crippen molar-refractivity contribution < 1.29 is 14.9 Å². The van der Waals surface area contributed by atoms with Gasteiger partial charge >= 0.3 is 0 Å². The number of aliphatic hydroxyl groups is 2. The van der Waals surface area contributed by atoms with Crippen molar-refractivity contribution in [3.8, 4) is 16.9 Å². The summed E-state index contributed by atoms with van der Waals surface area (Å²) in [5.74, 6) is 1.40. The third-order valence-corrected chi connectivity index (χ3v) is 4.27. The Labute approximate surface area is 162 Å². The summed E-state index contributed by atoms with van der Waals surface area (Å²) in [4.78, 5) is 0. The first-order valence-electron chi connectivity index (χ1n) is 8.78. The first-order chi connectivity index (χ1) is 12.0. The van der Waals surface area contributed by atoms with Gasteiger partial charge in [0.15, 0.2) is 0 Å². The Bertz CT molecular complexity index is 637. The van der Waals surface area contributed by atoms with Gasteiger partial charge in [-0.1, -0.05) is 50.2 Å². The molecular formula is C21H30ClNO3. The van der Waals surface area contributed by atoms with Crippen molar-refractivity contribution in [2.75, 3.05) is 19.8 Å². The number of aryl methyl sites for hydroxylation is 1. The van der Waals surface area contributed by atoms with Crippen LogP contribution in [0.1, 0.15) is 25.8 Å². The minimum atomic E-state index is -0.912. The van der Waals surface area contributed by atoms with Gasteiger partial charge in [-0.25, -0.2) is 0 Å². The van der Waals surface area contributed by atoms with Crippen molar-refractivity contribution in [2.24, 2.45) is 11.7 Å². The van der Waals surface area contributed by atoms with E-state index in [1.807, 2.05) is 12.1 Å². The van der Waals surface area contributed by atoms with Gasteiger partial charge in [-0.3, -0.25) is 0 Å². The Kier molecular flexibility index (Phi) is 9.09. The van der Waals surface area contributed by atoms with Crippen LogP contribution in [-0.4, -0.2) is 35.6 Å². The van der Waals surface area contributed by atoms with Crippen molar-refractivity contribution in [3.63, 3.8) is 0 Å². The van der Waals surface area contributed by atoms with Crippen molar-refractivity contribution in [1.82, 2.24) is 0 Å². The zero-order valence-corrected chi connectivity index (χ0v) is 16.3. The third-order valence-electron chi connectivity index (χ3n) is 4.27. The molecule has 0 fully saturated rings. The monoisotopic (exact) mass is 379 g/mol. The fourth-order valence-electron chi connectivity index (χ4n) is 2.47. The highest BCUT2D eigenvalue weighted by Crippen LogP contribution is 2.24. The fraction of sp³-hybridized carbons (Fsp3) is 0.429. The first-order valence-corrected chi connectivity index (χ1v) is 8.78. The summed E-state index contributed by atoms with van der Waals surface area (Å²) in [6.45, 7) is 4.55. The van der Waals surface area contributed by atoms with E-state index in [0.717, 1.165) is 35.5 Å². The molecule has 4 N–H and O–H groups in total. The highest BCUT2D eigenvalue weighted by atomic mass is 35.5. The molecule has 0 aromatic heterocycles. The van der Waals surface area contributed by atoms with Gasteiger partial charge in [0.05, 0.1) is 25.4 Å². The molecule has 144 valence electrons. The Morgan fingerprint density at radius 1 is 0.923 bits per heavy atom. The molecule has 4 nitrogen and oxygen atoms in total. The molecule has 0 aliphatic carbocycles. The molecule has 0 saturated carbocycles. The molecule has 0 aliphatic rings. The SMILES string of the molecule is CC(C)COc1ccc(-c2ccc(CCC(N)(CO)CO)cc2)cc1.Cl. The summed E-state index contributed by atoms with van der Waals surface area (Å²) in [5, 5.41) is 18.5. The van der Waals surface area contributed by atoms with E-state index in [1.165, 1.54) is 0 Å². The first kappa shape index (κ1) is 22.5. The Hall–Kier alpha value is -1.59. The van der Waals surface area contributed by atoms with Crippen molar-refractivity contribution >= 4 is 12.4 Å². The summed E-state index contributed by atoms with van der Waals surface area (Å²) in [6.07, 6.45) is 1.26. The van der Waals surface area contributed by atoms with Gasteiger partial charge in [0.2, 0.25) is 0 Å². The van der Waals surface area contributed by atoms with Crippen LogP contribution in [0.25, 0.3) is 11.1 Å². The summed E-state index contributed by atoms with van der Waals surface area (Å²) in [6, 6.07) is 16.4. The number of hydrogen-bond donors (Lipinski definition) is 3. The topological polar surface area (TPSA) is 75.7 Å². The van der Waals surface area contributed by atoms with Gasteiger partial charge in [-0.15, -0.1) is 12.4 Å². The molecule has 2 aromatic carbocycles. The molecule has 5 heteroatoms. The fourth-order valence-corrected chi connectivity index (χ4v) is 2.47. The lowest BCUT2D eigenvalue weighted by Gasteiger charge is -2.24. The largest absolute Gasteiger partial charge is 0.493 e. The van der Waals surface area contributed by atoms with Gasteiger partial charge in [0.25, 0.3) is 0 Å².